The van der Waals surface area contributed by atoms with E-state index in [1.807, 2.05) is 6.07 Å². The van der Waals surface area contributed by atoms with E-state index in [2.05, 4.69) is 15.1 Å². The molecule has 3 heterocycles. The van der Waals surface area contributed by atoms with Crippen molar-refractivity contribution in [2.24, 2.45) is 0 Å². The van der Waals surface area contributed by atoms with E-state index in [1.165, 1.54) is 17.8 Å². The topological polar surface area (TPSA) is 46.5 Å². The first kappa shape index (κ1) is 20.0. The molecule has 0 saturated heterocycles. The molecule has 0 aliphatic rings. The van der Waals surface area contributed by atoms with E-state index in [-0.39, 0.29) is 11.6 Å². The van der Waals surface area contributed by atoms with Gasteiger partial charge in [0.1, 0.15) is 5.65 Å². The molecule has 0 fully saturated rings. The van der Waals surface area contributed by atoms with Crippen LogP contribution in [-0.4, -0.2) is 19.7 Å². The zero-order chi connectivity index (χ0) is 21.7. The number of hydrogen-bond acceptors (Lipinski definition) is 2. The first-order valence-electron chi connectivity index (χ1n) is 8.80. The molecule has 0 amide bonds. The minimum absolute atomic E-state index is 0.115. The van der Waals surface area contributed by atoms with Crippen molar-refractivity contribution in [1.82, 2.24) is 19.7 Å². The van der Waals surface area contributed by atoms with Gasteiger partial charge in [0.2, 0.25) is 0 Å². The molecule has 0 spiro atoms. The van der Waals surface area contributed by atoms with Crippen molar-refractivity contribution in [2.45, 2.75) is 25.3 Å². The second-order valence-electron chi connectivity index (χ2n) is 6.82. The van der Waals surface area contributed by atoms with Crippen LogP contribution in [0.1, 0.15) is 29.7 Å². The molecular formula is C20H14F6N4. The molecule has 30 heavy (non-hydrogen) atoms. The lowest BCUT2D eigenvalue weighted by molar-refractivity contribution is -0.143. The van der Waals surface area contributed by atoms with Gasteiger partial charge in [-0.2, -0.15) is 31.4 Å². The molecule has 1 N–H and O–H groups in total. The first-order valence-corrected chi connectivity index (χ1v) is 8.80. The number of halogens is 6. The van der Waals surface area contributed by atoms with Crippen molar-refractivity contribution < 1.29 is 26.3 Å². The van der Waals surface area contributed by atoms with Crippen molar-refractivity contribution in [2.75, 3.05) is 0 Å². The van der Waals surface area contributed by atoms with Gasteiger partial charge in [0.15, 0.2) is 0 Å². The lowest BCUT2D eigenvalue weighted by atomic mass is 10.0. The molecule has 1 atom stereocenters. The fraction of sp³-hybridized carbons (Fsp3) is 0.200. The highest BCUT2D eigenvalue weighted by Crippen LogP contribution is 2.38. The van der Waals surface area contributed by atoms with Crippen LogP contribution in [0.3, 0.4) is 0 Å². The summed E-state index contributed by atoms with van der Waals surface area (Å²) in [4.78, 5) is 7.16. The number of nitrogens with zero attached hydrogens (tertiary/aromatic N) is 3. The van der Waals surface area contributed by atoms with Crippen LogP contribution in [0.2, 0.25) is 0 Å². The van der Waals surface area contributed by atoms with Crippen LogP contribution < -0.4 is 0 Å². The van der Waals surface area contributed by atoms with E-state index in [0.29, 0.717) is 11.2 Å². The van der Waals surface area contributed by atoms with Crippen LogP contribution in [-0.2, 0) is 12.4 Å². The van der Waals surface area contributed by atoms with Crippen molar-refractivity contribution in [1.29, 1.82) is 0 Å². The number of aromatic amines is 1. The number of benzene rings is 1. The van der Waals surface area contributed by atoms with Gasteiger partial charge >= 0.3 is 12.4 Å². The Hall–Kier alpha value is -3.30. The quantitative estimate of drug-likeness (QED) is 0.406. The number of alkyl halides is 6. The summed E-state index contributed by atoms with van der Waals surface area (Å²) in [5.41, 5.74) is -0.740. The monoisotopic (exact) mass is 424 g/mol. The summed E-state index contributed by atoms with van der Waals surface area (Å²) in [6, 6.07) is 4.28. The molecule has 0 aliphatic carbocycles. The Morgan fingerprint density at radius 3 is 2.27 bits per heavy atom. The number of rotatable bonds is 3. The maximum Gasteiger partial charge on any atom is 0.416 e. The summed E-state index contributed by atoms with van der Waals surface area (Å²) >= 11 is 0. The number of pyridine rings is 1. The minimum atomic E-state index is -4.90. The highest BCUT2D eigenvalue weighted by Gasteiger charge is 2.37. The van der Waals surface area contributed by atoms with Gasteiger partial charge in [0.25, 0.3) is 0 Å². The molecule has 1 unspecified atom stereocenters. The van der Waals surface area contributed by atoms with Crippen LogP contribution in [0, 0.1) is 0 Å². The van der Waals surface area contributed by atoms with Crippen LogP contribution in [0.15, 0.2) is 55.1 Å². The standard InChI is InChI=1S/C20H14F6N4/c1-11(12-6-14(19(21,22)23)8-15(7-12)20(24,25)26)30-10-13(9-29-30)16-2-4-27-18-17(16)3-5-28-18/h2-11H,1H3,(H,27,28). The molecule has 3 aromatic heterocycles. The summed E-state index contributed by atoms with van der Waals surface area (Å²) in [5.74, 6) is 0. The smallest absolute Gasteiger partial charge is 0.346 e. The maximum atomic E-state index is 13.1. The van der Waals surface area contributed by atoms with E-state index in [1.54, 1.807) is 24.7 Å². The van der Waals surface area contributed by atoms with E-state index >= 15 is 0 Å². The van der Waals surface area contributed by atoms with Gasteiger partial charge in [0, 0.05) is 29.5 Å². The highest BCUT2D eigenvalue weighted by atomic mass is 19.4. The van der Waals surface area contributed by atoms with Crippen LogP contribution in [0.5, 0.6) is 0 Å². The fourth-order valence-corrected chi connectivity index (χ4v) is 3.27. The molecule has 10 heteroatoms. The van der Waals surface area contributed by atoms with Gasteiger partial charge in [-0.1, -0.05) is 0 Å². The summed E-state index contributed by atoms with van der Waals surface area (Å²) < 4.78 is 80.2. The van der Waals surface area contributed by atoms with Crippen molar-refractivity contribution in [3.8, 4) is 11.1 Å². The first-order chi connectivity index (χ1) is 14.0. The van der Waals surface area contributed by atoms with Crippen molar-refractivity contribution in [3.63, 3.8) is 0 Å². The lowest BCUT2D eigenvalue weighted by Crippen LogP contribution is -2.14. The summed E-state index contributed by atoms with van der Waals surface area (Å²) in [6.45, 7) is 1.49. The predicted molar refractivity (Wildman–Crippen MR) is 97.6 cm³/mol. The van der Waals surface area contributed by atoms with E-state index in [0.717, 1.165) is 23.1 Å². The van der Waals surface area contributed by atoms with E-state index in [9.17, 15) is 26.3 Å². The molecule has 4 aromatic rings. The number of nitrogens with one attached hydrogen (secondary N) is 1. The van der Waals surface area contributed by atoms with Crippen LogP contribution in [0.4, 0.5) is 26.3 Å². The highest BCUT2D eigenvalue weighted by molar-refractivity contribution is 5.92. The minimum Gasteiger partial charge on any atom is -0.346 e. The number of fused-ring (bicyclic) bond motifs is 1. The Balaban J connectivity index is 1.75. The Bertz CT molecular complexity index is 1170. The predicted octanol–water partition coefficient (Wildman–Crippen LogP) is 6.07. The molecule has 0 radical (unpaired) electrons. The van der Waals surface area contributed by atoms with Gasteiger partial charge in [0.05, 0.1) is 23.4 Å². The average Bonchev–Trinajstić information content (AvgIpc) is 3.35. The second kappa shape index (κ2) is 6.89. The molecular weight excluding hydrogens is 410 g/mol. The second-order valence-corrected chi connectivity index (χ2v) is 6.82. The van der Waals surface area contributed by atoms with Crippen LogP contribution >= 0.6 is 0 Å². The molecule has 1 aromatic carbocycles. The van der Waals surface area contributed by atoms with E-state index < -0.39 is 29.5 Å². The normalized spacial score (nSPS) is 13.7. The Labute approximate surface area is 166 Å². The lowest BCUT2D eigenvalue weighted by Gasteiger charge is -2.18. The zero-order valence-electron chi connectivity index (χ0n) is 15.4. The SMILES string of the molecule is CC(c1cc(C(F)(F)F)cc(C(F)(F)F)c1)n1cc(-c2ccnc3[nH]ccc23)cn1. The molecule has 0 bridgehead atoms. The van der Waals surface area contributed by atoms with Gasteiger partial charge in [-0.25, -0.2) is 4.98 Å². The van der Waals surface area contributed by atoms with Gasteiger partial charge in [-0.3, -0.25) is 4.68 Å². The largest absolute Gasteiger partial charge is 0.416 e. The third-order valence-corrected chi connectivity index (χ3v) is 4.86. The Morgan fingerprint density at radius 1 is 0.967 bits per heavy atom. The Kier molecular flexibility index (Phi) is 4.59. The number of hydrogen-bond donors (Lipinski definition) is 1. The molecule has 4 nitrogen and oxygen atoms in total. The number of aromatic nitrogens is 4. The van der Waals surface area contributed by atoms with Gasteiger partial charge < -0.3 is 4.98 Å². The van der Waals surface area contributed by atoms with Crippen molar-refractivity contribution >= 4 is 11.0 Å². The zero-order valence-corrected chi connectivity index (χ0v) is 15.4. The molecule has 4 rings (SSSR count). The fourth-order valence-electron chi connectivity index (χ4n) is 3.27. The van der Waals surface area contributed by atoms with Gasteiger partial charge in [-0.05, 0) is 48.4 Å². The summed E-state index contributed by atoms with van der Waals surface area (Å²) in [7, 11) is 0. The van der Waals surface area contributed by atoms with Gasteiger partial charge in [-0.15, -0.1) is 0 Å². The third-order valence-electron chi connectivity index (χ3n) is 4.86. The molecule has 0 saturated carbocycles. The van der Waals surface area contributed by atoms with E-state index in [4.69, 9.17) is 0 Å². The maximum absolute atomic E-state index is 13.1. The van der Waals surface area contributed by atoms with Crippen molar-refractivity contribution in [3.05, 3.63) is 71.8 Å². The third kappa shape index (κ3) is 3.64. The average molecular weight is 424 g/mol. The van der Waals surface area contributed by atoms with Crippen LogP contribution in [0.25, 0.3) is 22.2 Å². The summed E-state index contributed by atoms with van der Waals surface area (Å²) in [6.07, 6.45) is -3.40. The number of H-pyrrole nitrogens is 1. The molecule has 0 aliphatic heterocycles. The molecule has 156 valence electrons. The summed E-state index contributed by atoms with van der Waals surface area (Å²) in [5, 5.41) is 4.99. The Morgan fingerprint density at radius 2 is 1.63 bits per heavy atom.